The minimum atomic E-state index is -0.382. The summed E-state index contributed by atoms with van der Waals surface area (Å²) in [6, 6.07) is 23.9. The molecule has 7 rings (SSSR count). The van der Waals surface area contributed by atoms with Crippen molar-refractivity contribution in [2.75, 3.05) is 55.3 Å². The van der Waals surface area contributed by atoms with Crippen LogP contribution in [0.25, 0.3) is 21.0 Å². The van der Waals surface area contributed by atoms with Crippen LogP contribution in [0.5, 0.6) is 0 Å². The maximum Gasteiger partial charge on any atom is 0.265 e. The number of anilines is 4. The van der Waals surface area contributed by atoms with Crippen LogP contribution in [-0.2, 0) is 4.74 Å². The number of pyridine rings is 1. The van der Waals surface area contributed by atoms with Crippen LogP contribution in [0, 0.1) is 6.92 Å². The molecule has 5 heterocycles. The molecule has 1 saturated heterocycles. The van der Waals surface area contributed by atoms with E-state index in [1.54, 1.807) is 60.0 Å². The normalized spacial score (nSPS) is 12.9. The number of nitrogens with one attached hydrogen (secondary N) is 4. The summed E-state index contributed by atoms with van der Waals surface area (Å²) in [5, 5.41) is 14.0. The molecule has 0 unspecified atom stereocenters. The summed E-state index contributed by atoms with van der Waals surface area (Å²) in [6.07, 6.45) is 4.62. The lowest BCUT2D eigenvalue weighted by Crippen LogP contribution is -2.41. The molecule has 0 atom stereocenters. The van der Waals surface area contributed by atoms with E-state index in [1.165, 1.54) is 23.7 Å². The van der Waals surface area contributed by atoms with Crippen molar-refractivity contribution < 1.29 is 19.1 Å². The lowest BCUT2D eigenvalue weighted by molar-refractivity contribution is 0.0383. The van der Waals surface area contributed by atoms with Gasteiger partial charge in [0.2, 0.25) is 5.95 Å². The molecule has 0 saturated carbocycles. The van der Waals surface area contributed by atoms with Crippen LogP contribution >= 0.6 is 22.7 Å². The minimum absolute atomic E-state index is 0.120. The van der Waals surface area contributed by atoms with Crippen molar-refractivity contribution in [3.63, 3.8) is 0 Å². The molecular formula is C39H36N8O4S2. The molecule has 0 spiro atoms. The lowest BCUT2D eigenvalue weighted by atomic mass is 10.1. The predicted octanol–water partition coefficient (Wildman–Crippen LogP) is 6.95. The maximum absolute atomic E-state index is 13.3. The molecule has 2 aromatic carbocycles. The Morgan fingerprint density at radius 2 is 1.66 bits per heavy atom. The Morgan fingerprint density at radius 3 is 2.47 bits per heavy atom. The van der Waals surface area contributed by atoms with Gasteiger partial charge >= 0.3 is 0 Å². The molecule has 0 radical (unpaired) electrons. The van der Waals surface area contributed by atoms with E-state index in [2.05, 4.69) is 36.1 Å². The number of amides is 3. The number of thiophene rings is 2. The highest BCUT2D eigenvalue weighted by Gasteiger charge is 2.15. The minimum Gasteiger partial charge on any atom is -0.379 e. The van der Waals surface area contributed by atoms with Crippen LogP contribution in [0.1, 0.15) is 36.0 Å². The van der Waals surface area contributed by atoms with Crippen molar-refractivity contribution in [2.24, 2.45) is 0 Å². The summed E-state index contributed by atoms with van der Waals surface area (Å²) in [5.74, 6) is -0.398. The number of hydrogen-bond donors (Lipinski definition) is 4. The Balaban J connectivity index is 0.956. The number of ether oxygens (including phenoxy) is 1. The molecule has 12 nitrogen and oxygen atoms in total. The quantitative estimate of drug-likeness (QED) is 0.104. The number of aromatic nitrogens is 3. The van der Waals surface area contributed by atoms with E-state index in [-0.39, 0.29) is 23.3 Å². The summed E-state index contributed by atoms with van der Waals surface area (Å²) in [5.41, 5.74) is 4.97. The van der Waals surface area contributed by atoms with Gasteiger partial charge in [-0.05, 0) is 72.5 Å². The third kappa shape index (κ3) is 9.17. The van der Waals surface area contributed by atoms with Crippen molar-refractivity contribution in [3.8, 4) is 21.0 Å². The highest BCUT2D eigenvalue weighted by molar-refractivity contribution is 7.22. The van der Waals surface area contributed by atoms with E-state index < -0.39 is 0 Å². The average molecular weight is 745 g/mol. The van der Waals surface area contributed by atoms with Crippen molar-refractivity contribution in [3.05, 3.63) is 124 Å². The molecule has 3 amide bonds. The highest BCUT2D eigenvalue weighted by Crippen LogP contribution is 2.32. The van der Waals surface area contributed by atoms with Crippen LogP contribution < -0.4 is 21.3 Å². The monoisotopic (exact) mass is 744 g/mol. The standard InChI is InChI=1S/C39H36N8O4S2/c1-25-4-9-29(43-37(49)28-21-30(24-40-23-28)44-38(50)35-11-10-34(53-35)33-3-2-20-52-33)22-32(25)46-39-42-13-12-31(45-39)26-5-7-27(8-6-26)36(48)41-14-15-47-16-18-51-19-17-47/h2-13,20-24H,14-19H2,1H3,(H,41,48)(H,43,49)(H,44,50)(H,42,45,46). The van der Waals surface area contributed by atoms with Gasteiger partial charge in [0.05, 0.1) is 41.2 Å². The SMILES string of the molecule is Cc1ccc(NC(=O)c2cncc(NC(=O)c3ccc(-c4cccs4)s3)c2)cc1Nc1nccc(-c2ccc(C(=O)NCCN3CCOCC3)cc2)n1. The van der Waals surface area contributed by atoms with Crippen molar-refractivity contribution in [1.82, 2.24) is 25.2 Å². The van der Waals surface area contributed by atoms with Gasteiger partial charge < -0.3 is 26.0 Å². The fourth-order valence-electron chi connectivity index (χ4n) is 5.62. The number of benzene rings is 2. The van der Waals surface area contributed by atoms with Crippen LogP contribution in [0.2, 0.25) is 0 Å². The number of carbonyl (C=O) groups is 3. The molecule has 1 aliphatic heterocycles. The van der Waals surface area contributed by atoms with Crippen LogP contribution in [0.15, 0.2) is 103 Å². The van der Waals surface area contributed by atoms with Gasteiger partial charge in [0, 0.05) is 70.8 Å². The molecule has 0 aliphatic carbocycles. The zero-order valence-corrected chi connectivity index (χ0v) is 30.4. The summed E-state index contributed by atoms with van der Waals surface area (Å²) >= 11 is 3.02. The third-order valence-electron chi connectivity index (χ3n) is 8.51. The van der Waals surface area contributed by atoms with Crippen LogP contribution in [0.4, 0.5) is 23.0 Å². The van der Waals surface area contributed by atoms with Gasteiger partial charge in [0.15, 0.2) is 0 Å². The van der Waals surface area contributed by atoms with E-state index >= 15 is 0 Å². The number of hydrogen-bond acceptors (Lipinski definition) is 11. The first-order valence-corrected chi connectivity index (χ1v) is 18.7. The second-order valence-electron chi connectivity index (χ2n) is 12.2. The molecule has 4 N–H and O–H groups in total. The van der Waals surface area contributed by atoms with Gasteiger partial charge in [-0.25, -0.2) is 9.97 Å². The van der Waals surface area contributed by atoms with E-state index in [0.29, 0.717) is 45.7 Å². The molecule has 1 fully saturated rings. The van der Waals surface area contributed by atoms with E-state index in [9.17, 15) is 14.4 Å². The number of rotatable bonds is 12. The molecule has 53 heavy (non-hydrogen) atoms. The van der Waals surface area contributed by atoms with Gasteiger partial charge in [-0.3, -0.25) is 24.3 Å². The number of nitrogens with zero attached hydrogens (tertiary/aromatic N) is 4. The average Bonchev–Trinajstić information content (AvgIpc) is 3.91. The molecule has 1 aliphatic rings. The van der Waals surface area contributed by atoms with E-state index in [0.717, 1.165) is 53.7 Å². The fraction of sp³-hybridized carbons (Fsp3) is 0.179. The summed E-state index contributed by atoms with van der Waals surface area (Å²) in [4.78, 5) is 57.1. The van der Waals surface area contributed by atoms with Crippen LogP contribution in [-0.4, -0.2) is 77.0 Å². The largest absolute Gasteiger partial charge is 0.379 e. The maximum atomic E-state index is 13.3. The molecule has 4 aromatic heterocycles. The first-order valence-electron chi connectivity index (χ1n) is 17.0. The second kappa shape index (κ2) is 16.7. The summed E-state index contributed by atoms with van der Waals surface area (Å²) in [6.45, 7) is 6.53. The molecule has 268 valence electrons. The van der Waals surface area contributed by atoms with Gasteiger partial charge in [0.1, 0.15) is 0 Å². The molecular weight excluding hydrogens is 709 g/mol. The Hall–Kier alpha value is -5.80. The summed E-state index contributed by atoms with van der Waals surface area (Å²) in [7, 11) is 0. The van der Waals surface area contributed by atoms with Crippen molar-refractivity contribution in [1.29, 1.82) is 0 Å². The highest BCUT2D eigenvalue weighted by atomic mass is 32.1. The second-order valence-corrected chi connectivity index (χ2v) is 14.3. The molecule has 14 heteroatoms. The number of aryl methyl sites for hydroxylation is 1. The third-order valence-corrected chi connectivity index (χ3v) is 10.7. The van der Waals surface area contributed by atoms with Crippen LogP contribution in [0.3, 0.4) is 0 Å². The number of carbonyl (C=O) groups excluding carboxylic acids is 3. The first kappa shape index (κ1) is 35.6. The fourth-order valence-corrected chi connectivity index (χ4v) is 7.36. The van der Waals surface area contributed by atoms with Crippen molar-refractivity contribution in [2.45, 2.75) is 6.92 Å². The topological polar surface area (TPSA) is 150 Å². The molecule has 6 aromatic rings. The Morgan fingerprint density at radius 1 is 0.830 bits per heavy atom. The van der Waals surface area contributed by atoms with E-state index in [1.807, 2.05) is 48.7 Å². The summed E-state index contributed by atoms with van der Waals surface area (Å²) < 4.78 is 5.38. The van der Waals surface area contributed by atoms with E-state index in [4.69, 9.17) is 9.72 Å². The zero-order chi connectivity index (χ0) is 36.6. The van der Waals surface area contributed by atoms with Crippen molar-refractivity contribution >= 4 is 63.4 Å². The Bertz CT molecular complexity index is 2220. The number of morpholine rings is 1. The smallest absolute Gasteiger partial charge is 0.265 e. The predicted molar refractivity (Wildman–Crippen MR) is 209 cm³/mol. The van der Waals surface area contributed by atoms with Gasteiger partial charge in [-0.1, -0.05) is 24.3 Å². The van der Waals surface area contributed by atoms with Gasteiger partial charge in [-0.2, -0.15) is 0 Å². The van der Waals surface area contributed by atoms with Gasteiger partial charge in [0.25, 0.3) is 17.7 Å². The van der Waals surface area contributed by atoms with Gasteiger partial charge in [-0.15, -0.1) is 22.7 Å². The zero-order valence-electron chi connectivity index (χ0n) is 28.8. The molecule has 0 bridgehead atoms. The first-order chi connectivity index (χ1) is 25.9. The Labute approximate surface area is 314 Å². The Kier molecular flexibility index (Phi) is 11.2. The lowest BCUT2D eigenvalue weighted by Gasteiger charge is -2.26.